The lowest BCUT2D eigenvalue weighted by Crippen LogP contribution is -2.43. The molecule has 0 radical (unpaired) electrons. The Hall–Kier alpha value is -3.94. The summed E-state index contributed by atoms with van der Waals surface area (Å²) >= 11 is 0. The molecule has 184 valence electrons. The van der Waals surface area contributed by atoms with E-state index >= 15 is 0 Å². The van der Waals surface area contributed by atoms with E-state index in [4.69, 9.17) is 9.47 Å². The first kappa shape index (κ1) is 25.7. The van der Waals surface area contributed by atoms with Gasteiger partial charge in [-0.25, -0.2) is 9.59 Å². The van der Waals surface area contributed by atoms with Crippen molar-refractivity contribution in [2.24, 2.45) is 0 Å². The summed E-state index contributed by atoms with van der Waals surface area (Å²) in [6.45, 7) is 0.691. The van der Waals surface area contributed by atoms with Crippen molar-refractivity contribution in [2.75, 3.05) is 13.7 Å². The van der Waals surface area contributed by atoms with Gasteiger partial charge in [-0.2, -0.15) is 0 Å². The van der Waals surface area contributed by atoms with Crippen LogP contribution < -0.4 is 10.6 Å². The minimum Gasteiger partial charge on any atom is -0.467 e. The SMILES string of the molecule is COC(=O)[C@H](Cc1ccc2ccccc2n1)NC(=O)CCCCCNC(=O)OCc1ccccc1. The van der Waals surface area contributed by atoms with Crippen LogP contribution in [0, 0.1) is 0 Å². The molecule has 1 atom stereocenters. The van der Waals surface area contributed by atoms with E-state index in [2.05, 4.69) is 15.6 Å². The van der Waals surface area contributed by atoms with Crippen LogP contribution >= 0.6 is 0 Å². The highest BCUT2D eigenvalue weighted by Gasteiger charge is 2.22. The van der Waals surface area contributed by atoms with Gasteiger partial charge in [-0.05, 0) is 30.5 Å². The summed E-state index contributed by atoms with van der Waals surface area (Å²) in [5, 5.41) is 6.48. The molecule has 3 rings (SSSR count). The molecule has 2 aromatic carbocycles. The average molecular weight is 478 g/mol. The number of carbonyl (C=O) groups excluding carboxylic acids is 3. The number of amides is 2. The molecule has 0 aliphatic heterocycles. The maximum atomic E-state index is 12.4. The van der Waals surface area contributed by atoms with Gasteiger partial charge in [0.15, 0.2) is 0 Å². The number of unbranched alkanes of at least 4 members (excludes halogenated alkanes) is 2. The number of hydrogen-bond acceptors (Lipinski definition) is 6. The number of esters is 1. The molecule has 0 fully saturated rings. The highest BCUT2D eigenvalue weighted by atomic mass is 16.5. The van der Waals surface area contributed by atoms with Crippen molar-refractivity contribution in [3.05, 3.63) is 78.0 Å². The summed E-state index contributed by atoms with van der Waals surface area (Å²) < 4.78 is 10.0. The van der Waals surface area contributed by atoms with Crippen molar-refractivity contribution >= 4 is 28.9 Å². The van der Waals surface area contributed by atoms with Gasteiger partial charge in [0.25, 0.3) is 0 Å². The average Bonchev–Trinajstić information content (AvgIpc) is 2.89. The monoisotopic (exact) mass is 477 g/mol. The third kappa shape index (κ3) is 8.73. The predicted molar refractivity (Wildman–Crippen MR) is 132 cm³/mol. The van der Waals surface area contributed by atoms with Crippen LogP contribution in [-0.4, -0.2) is 42.7 Å². The number of carbonyl (C=O) groups is 3. The second-order valence-corrected chi connectivity index (χ2v) is 8.14. The van der Waals surface area contributed by atoms with E-state index in [-0.39, 0.29) is 25.4 Å². The molecule has 0 aliphatic carbocycles. The highest BCUT2D eigenvalue weighted by molar-refractivity contribution is 5.85. The normalized spacial score (nSPS) is 11.5. The zero-order chi connectivity index (χ0) is 24.9. The molecule has 2 N–H and O–H groups in total. The third-order valence-electron chi connectivity index (χ3n) is 5.45. The van der Waals surface area contributed by atoms with Crippen molar-refractivity contribution in [1.29, 1.82) is 0 Å². The Kier molecular flexibility index (Phi) is 10.0. The summed E-state index contributed by atoms with van der Waals surface area (Å²) in [4.78, 5) is 41.0. The van der Waals surface area contributed by atoms with Gasteiger partial charge in [0.2, 0.25) is 5.91 Å². The summed E-state index contributed by atoms with van der Waals surface area (Å²) in [6.07, 6.45) is 2.16. The Labute approximate surface area is 205 Å². The molecule has 0 saturated heterocycles. The van der Waals surface area contributed by atoms with E-state index in [1.807, 2.05) is 66.7 Å². The first-order valence-corrected chi connectivity index (χ1v) is 11.7. The molecule has 1 heterocycles. The van der Waals surface area contributed by atoms with Gasteiger partial charge in [0.05, 0.1) is 12.6 Å². The Morgan fingerprint density at radius 2 is 1.69 bits per heavy atom. The van der Waals surface area contributed by atoms with Gasteiger partial charge in [0.1, 0.15) is 12.6 Å². The van der Waals surface area contributed by atoms with Crippen LogP contribution in [0.2, 0.25) is 0 Å². The van der Waals surface area contributed by atoms with E-state index in [9.17, 15) is 14.4 Å². The van der Waals surface area contributed by atoms with Gasteiger partial charge >= 0.3 is 12.1 Å². The highest BCUT2D eigenvalue weighted by Crippen LogP contribution is 2.13. The van der Waals surface area contributed by atoms with Crippen LogP contribution in [0.3, 0.4) is 0 Å². The third-order valence-corrected chi connectivity index (χ3v) is 5.45. The molecule has 1 aromatic heterocycles. The first-order chi connectivity index (χ1) is 17.0. The smallest absolute Gasteiger partial charge is 0.407 e. The predicted octanol–water partition coefficient (Wildman–Crippen LogP) is 3.92. The number of ether oxygens (including phenoxy) is 2. The number of nitrogens with zero attached hydrogens (tertiary/aromatic N) is 1. The van der Waals surface area contributed by atoms with Crippen molar-refractivity contribution in [2.45, 2.75) is 44.8 Å². The lowest BCUT2D eigenvalue weighted by Gasteiger charge is -2.16. The van der Waals surface area contributed by atoms with E-state index < -0.39 is 18.1 Å². The molecule has 3 aromatic rings. The number of rotatable bonds is 12. The fourth-order valence-electron chi connectivity index (χ4n) is 3.59. The lowest BCUT2D eigenvalue weighted by atomic mass is 10.1. The van der Waals surface area contributed by atoms with Crippen LogP contribution in [0.5, 0.6) is 0 Å². The standard InChI is InChI=1S/C27H31N3O5/c1-34-26(32)24(18-22-16-15-21-12-7-8-13-23(21)29-22)30-25(31)14-6-3-9-17-28-27(33)35-19-20-10-4-2-5-11-20/h2,4-5,7-8,10-13,15-16,24H,3,6,9,14,17-19H2,1H3,(H,28,33)(H,30,31)/t24-/m0/s1. The fraction of sp³-hybridized carbons (Fsp3) is 0.333. The molecule has 8 heteroatoms. The van der Waals surface area contributed by atoms with Crippen LogP contribution in [0.25, 0.3) is 10.9 Å². The molecule has 0 saturated carbocycles. The number of methoxy groups -OCH3 is 1. The molecule has 2 amide bonds. The van der Waals surface area contributed by atoms with Crippen LogP contribution in [0.4, 0.5) is 4.79 Å². The van der Waals surface area contributed by atoms with Crippen LogP contribution in [-0.2, 0) is 32.1 Å². The second kappa shape index (κ2) is 13.7. The van der Waals surface area contributed by atoms with E-state index in [1.54, 1.807) is 0 Å². The minimum absolute atomic E-state index is 0.225. The number of hydrogen-bond donors (Lipinski definition) is 2. The number of pyridine rings is 1. The van der Waals surface area contributed by atoms with Crippen molar-refractivity contribution in [1.82, 2.24) is 15.6 Å². The van der Waals surface area contributed by atoms with Crippen molar-refractivity contribution in [3.63, 3.8) is 0 Å². The largest absolute Gasteiger partial charge is 0.467 e. The summed E-state index contributed by atoms with van der Waals surface area (Å²) in [7, 11) is 1.30. The zero-order valence-electron chi connectivity index (χ0n) is 19.9. The fourth-order valence-corrected chi connectivity index (χ4v) is 3.59. The topological polar surface area (TPSA) is 107 Å². The van der Waals surface area contributed by atoms with Crippen molar-refractivity contribution < 1.29 is 23.9 Å². The number of fused-ring (bicyclic) bond motifs is 1. The lowest BCUT2D eigenvalue weighted by molar-refractivity contribution is -0.145. The van der Waals surface area contributed by atoms with E-state index in [1.165, 1.54) is 7.11 Å². The quantitative estimate of drug-likeness (QED) is 0.302. The van der Waals surface area contributed by atoms with Gasteiger partial charge in [-0.1, -0.05) is 61.0 Å². The Balaban J connectivity index is 1.34. The number of benzene rings is 2. The Bertz CT molecular complexity index is 1120. The van der Waals surface area contributed by atoms with Gasteiger partial charge in [0, 0.05) is 30.5 Å². The molecule has 8 nitrogen and oxygen atoms in total. The molecule has 0 bridgehead atoms. The Morgan fingerprint density at radius 3 is 2.49 bits per heavy atom. The minimum atomic E-state index is -0.804. The number of aromatic nitrogens is 1. The maximum Gasteiger partial charge on any atom is 0.407 e. The van der Waals surface area contributed by atoms with Gasteiger partial charge in [-0.15, -0.1) is 0 Å². The molecule has 0 aliphatic rings. The summed E-state index contributed by atoms with van der Waals surface area (Å²) in [5.74, 6) is -0.733. The number of para-hydroxylation sites is 1. The molecular formula is C27H31N3O5. The number of nitrogens with one attached hydrogen (secondary N) is 2. The molecular weight excluding hydrogens is 446 g/mol. The molecule has 35 heavy (non-hydrogen) atoms. The second-order valence-electron chi connectivity index (χ2n) is 8.14. The number of alkyl carbamates (subject to hydrolysis) is 1. The zero-order valence-corrected chi connectivity index (χ0v) is 19.9. The molecule has 0 spiro atoms. The first-order valence-electron chi connectivity index (χ1n) is 11.7. The van der Waals surface area contributed by atoms with Crippen LogP contribution in [0.15, 0.2) is 66.7 Å². The van der Waals surface area contributed by atoms with Crippen molar-refractivity contribution in [3.8, 4) is 0 Å². The summed E-state index contributed by atoms with van der Waals surface area (Å²) in [6, 6.07) is 20.2. The maximum absolute atomic E-state index is 12.4. The molecule has 0 unspecified atom stereocenters. The summed E-state index contributed by atoms with van der Waals surface area (Å²) in [5.41, 5.74) is 2.46. The Morgan fingerprint density at radius 1 is 0.914 bits per heavy atom. The van der Waals surface area contributed by atoms with Gasteiger partial charge in [-0.3, -0.25) is 9.78 Å². The van der Waals surface area contributed by atoms with Gasteiger partial charge < -0.3 is 20.1 Å². The van der Waals surface area contributed by atoms with E-state index in [0.717, 1.165) is 29.3 Å². The van der Waals surface area contributed by atoms with E-state index in [0.29, 0.717) is 18.7 Å². The van der Waals surface area contributed by atoms with Crippen LogP contribution in [0.1, 0.15) is 36.9 Å².